The van der Waals surface area contributed by atoms with Gasteiger partial charge in [0.2, 0.25) is 5.91 Å². The Bertz CT molecular complexity index is 1240. The van der Waals surface area contributed by atoms with Gasteiger partial charge in [0, 0.05) is 12.1 Å². The Morgan fingerprint density at radius 1 is 1.24 bits per heavy atom. The molecule has 182 valence electrons. The third-order valence-corrected chi connectivity index (χ3v) is 7.32. The fourth-order valence-corrected chi connectivity index (χ4v) is 5.37. The van der Waals surface area contributed by atoms with Gasteiger partial charge in [-0.05, 0) is 31.9 Å². The fourth-order valence-electron chi connectivity index (χ4n) is 3.43. The summed E-state index contributed by atoms with van der Waals surface area (Å²) >= 11 is 2.33. The average molecular weight is 504 g/mol. The summed E-state index contributed by atoms with van der Waals surface area (Å²) in [6, 6.07) is 7.44. The van der Waals surface area contributed by atoms with Crippen LogP contribution >= 0.6 is 23.1 Å². The Hall–Kier alpha value is -2.85. The highest BCUT2D eigenvalue weighted by Gasteiger charge is 2.23. The first-order valence-electron chi connectivity index (χ1n) is 11.1. The van der Waals surface area contributed by atoms with Crippen LogP contribution in [0.1, 0.15) is 47.5 Å². The van der Waals surface area contributed by atoms with E-state index in [9.17, 15) is 14.4 Å². The molecule has 3 aromatic rings. The van der Waals surface area contributed by atoms with Crippen molar-refractivity contribution in [2.24, 2.45) is 0 Å². The summed E-state index contributed by atoms with van der Waals surface area (Å²) in [6.07, 6.45) is 1.90. The number of nitrogens with zero attached hydrogens (tertiary/aromatic N) is 2. The number of thioether (sulfide) groups is 1. The van der Waals surface area contributed by atoms with Crippen LogP contribution in [0, 0.1) is 6.92 Å². The Labute approximate surface area is 206 Å². The Balaban J connectivity index is 2.05. The van der Waals surface area contributed by atoms with Crippen molar-refractivity contribution < 1.29 is 19.1 Å². The second-order valence-electron chi connectivity index (χ2n) is 7.55. The number of fused-ring (bicyclic) bond motifs is 1. The van der Waals surface area contributed by atoms with E-state index in [-0.39, 0.29) is 30.4 Å². The zero-order chi connectivity index (χ0) is 24.7. The van der Waals surface area contributed by atoms with Gasteiger partial charge in [0.05, 0.1) is 31.4 Å². The fraction of sp³-hybridized carbons (Fsp3) is 0.417. The van der Waals surface area contributed by atoms with Crippen molar-refractivity contribution in [2.45, 2.75) is 45.3 Å². The van der Waals surface area contributed by atoms with E-state index in [0.717, 1.165) is 29.7 Å². The molecule has 1 aromatic carbocycles. The zero-order valence-corrected chi connectivity index (χ0v) is 21.4. The zero-order valence-electron chi connectivity index (χ0n) is 19.8. The van der Waals surface area contributed by atoms with E-state index in [1.54, 1.807) is 25.5 Å². The molecule has 0 unspecified atom stereocenters. The molecular weight excluding hydrogens is 474 g/mol. The van der Waals surface area contributed by atoms with Crippen LogP contribution in [0.25, 0.3) is 10.2 Å². The number of thiophene rings is 1. The number of hydrogen-bond acceptors (Lipinski definition) is 8. The van der Waals surface area contributed by atoms with Crippen LogP contribution in [-0.2, 0) is 16.1 Å². The molecular formula is C24H29N3O5S2. The Morgan fingerprint density at radius 3 is 2.71 bits per heavy atom. The lowest BCUT2D eigenvalue weighted by Gasteiger charge is -2.14. The van der Waals surface area contributed by atoms with Crippen molar-refractivity contribution in [3.8, 4) is 5.75 Å². The Kier molecular flexibility index (Phi) is 9.12. The quantitative estimate of drug-likeness (QED) is 0.183. The molecule has 0 aliphatic rings. The lowest BCUT2D eigenvalue weighted by atomic mass is 10.2. The number of unbranched alkanes of at least 4 members (excludes halogenated alkanes) is 1. The van der Waals surface area contributed by atoms with Crippen LogP contribution in [0.5, 0.6) is 5.75 Å². The second kappa shape index (κ2) is 12.0. The molecule has 10 heteroatoms. The Morgan fingerprint density at radius 2 is 2.00 bits per heavy atom. The van der Waals surface area contributed by atoms with Gasteiger partial charge in [-0.1, -0.05) is 43.3 Å². The number of ether oxygens (including phenoxy) is 2. The molecule has 0 spiro atoms. The molecule has 0 bridgehead atoms. The van der Waals surface area contributed by atoms with E-state index in [0.29, 0.717) is 38.1 Å². The van der Waals surface area contributed by atoms with Gasteiger partial charge in [-0.25, -0.2) is 9.78 Å². The summed E-state index contributed by atoms with van der Waals surface area (Å²) in [6.45, 7) is 6.60. The maximum Gasteiger partial charge on any atom is 0.348 e. The number of benzene rings is 1. The third kappa shape index (κ3) is 5.79. The van der Waals surface area contributed by atoms with Crippen molar-refractivity contribution in [3.63, 3.8) is 0 Å². The second-order valence-corrected chi connectivity index (χ2v) is 9.49. The lowest BCUT2D eigenvalue weighted by molar-refractivity contribution is -0.118. The topological polar surface area (TPSA) is 99.5 Å². The van der Waals surface area contributed by atoms with Crippen molar-refractivity contribution >= 4 is 45.2 Å². The molecule has 3 rings (SSSR count). The number of aryl methyl sites for hydroxylation is 1. The van der Waals surface area contributed by atoms with Gasteiger partial charge >= 0.3 is 5.97 Å². The number of hydrogen-bond donors (Lipinski definition) is 1. The monoisotopic (exact) mass is 503 g/mol. The number of esters is 1. The molecule has 1 N–H and O–H groups in total. The number of rotatable bonds is 11. The number of methoxy groups -OCH3 is 1. The van der Waals surface area contributed by atoms with Crippen LogP contribution in [0.15, 0.2) is 34.2 Å². The predicted octanol–water partition coefficient (Wildman–Crippen LogP) is 4.01. The van der Waals surface area contributed by atoms with Crippen LogP contribution in [0.3, 0.4) is 0 Å². The summed E-state index contributed by atoms with van der Waals surface area (Å²) in [5, 5.41) is 3.68. The highest BCUT2D eigenvalue weighted by molar-refractivity contribution is 7.99. The minimum atomic E-state index is -0.469. The molecule has 2 aromatic heterocycles. The van der Waals surface area contributed by atoms with Gasteiger partial charge in [0.15, 0.2) is 5.16 Å². The molecule has 0 atom stereocenters. The van der Waals surface area contributed by atoms with E-state index in [2.05, 4.69) is 12.2 Å². The normalized spacial score (nSPS) is 10.9. The maximum atomic E-state index is 13.6. The first-order valence-corrected chi connectivity index (χ1v) is 12.9. The summed E-state index contributed by atoms with van der Waals surface area (Å²) in [7, 11) is 1.58. The van der Waals surface area contributed by atoms with Gasteiger partial charge in [-0.15, -0.1) is 11.3 Å². The average Bonchev–Trinajstić information content (AvgIpc) is 3.16. The maximum absolute atomic E-state index is 13.6. The van der Waals surface area contributed by atoms with Gasteiger partial charge in [-0.2, -0.15) is 0 Å². The molecule has 0 aliphatic heterocycles. The van der Waals surface area contributed by atoms with Crippen LogP contribution in [0.4, 0.5) is 0 Å². The molecule has 0 aliphatic carbocycles. The van der Waals surface area contributed by atoms with E-state index in [1.807, 2.05) is 24.3 Å². The van der Waals surface area contributed by atoms with Gasteiger partial charge in [0.25, 0.3) is 5.56 Å². The van der Waals surface area contributed by atoms with Crippen LogP contribution in [-0.4, -0.2) is 47.4 Å². The number of para-hydroxylation sites is 1. The highest BCUT2D eigenvalue weighted by Crippen LogP contribution is 2.30. The molecule has 0 fully saturated rings. The number of nitrogens with one attached hydrogen (secondary N) is 1. The van der Waals surface area contributed by atoms with E-state index in [1.165, 1.54) is 11.8 Å². The molecule has 0 saturated carbocycles. The first kappa shape index (κ1) is 25.8. The summed E-state index contributed by atoms with van der Waals surface area (Å²) < 4.78 is 12.1. The minimum absolute atomic E-state index is 0.119. The van der Waals surface area contributed by atoms with E-state index < -0.39 is 5.97 Å². The number of carbonyl (C=O) groups excluding carboxylic acids is 2. The lowest BCUT2D eigenvalue weighted by Crippen LogP contribution is -2.28. The number of aromatic nitrogens is 2. The summed E-state index contributed by atoms with van der Waals surface area (Å²) in [4.78, 5) is 43.9. The first-order chi connectivity index (χ1) is 16.4. The molecule has 8 nitrogen and oxygen atoms in total. The van der Waals surface area contributed by atoms with Gasteiger partial charge in [0.1, 0.15) is 15.5 Å². The van der Waals surface area contributed by atoms with Crippen molar-refractivity contribution in [1.29, 1.82) is 0 Å². The van der Waals surface area contributed by atoms with Gasteiger partial charge in [-0.3, -0.25) is 14.2 Å². The third-order valence-electron chi connectivity index (χ3n) is 5.18. The van der Waals surface area contributed by atoms with Crippen LogP contribution in [0.2, 0.25) is 0 Å². The summed E-state index contributed by atoms with van der Waals surface area (Å²) in [5.74, 6) is 0.189. The molecule has 2 heterocycles. The smallest absolute Gasteiger partial charge is 0.348 e. The van der Waals surface area contributed by atoms with Crippen LogP contribution < -0.4 is 15.6 Å². The molecule has 0 radical (unpaired) electrons. The van der Waals surface area contributed by atoms with Gasteiger partial charge < -0.3 is 14.8 Å². The minimum Gasteiger partial charge on any atom is -0.496 e. The van der Waals surface area contributed by atoms with E-state index >= 15 is 0 Å². The predicted molar refractivity (Wildman–Crippen MR) is 135 cm³/mol. The van der Waals surface area contributed by atoms with Crippen molar-refractivity contribution in [2.75, 3.05) is 26.0 Å². The van der Waals surface area contributed by atoms with Crippen molar-refractivity contribution in [1.82, 2.24) is 14.9 Å². The number of carbonyl (C=O) groups is 2. The number of amides is 1. The standard InChI is InChI=1S/C24H29N3O5S2/c1-5-7-12-25-18(28)14-33-24-26-21-19(15(3)20(34-21)23(30)32-6-2)22(29)27(24)13-16-10-8-9-11-17(16)31-4/h8-11H,5-7,12-14H2,1-4H3,(H,25,28). The SMILES string of the molecule is CCCCNC(=O)CSc1nc2sc(C(=O)OCC)c(C)c2c(=O)n1Cc1ccccc1OC. The molecule has 34 heavy (non-hydrogen) atoms. The largest absolute Gasteiger partial charge is 0.496 e. The van der Waals surface area contributed by atoms with Crippen molar-refractivity contribution in [3.05, 3.63) is 50.6 Å². The summed E-state index contributed by atoms with van der Waals surface area (Å²) in [5.41, 5.74) is 1.09. The van der Waals surface area contributed by atoms with E-state index in [4.69, 9.17) is 14.5 Å². The molecule has 1 amide bonds. The molecule has 0 saturated heterocycles. The highest BCUT2D eigenvalue weighted by atomic mass is 32.2.